The van der Waals surface area contributed by atoms with E-state index in [9.17, 15) is 8.42 Å². The number of aryl methyl sites for hydroxylation is 2. The molecule has 0 aliphatic carbocycles. The Morgan fingerprint density at radius 3 is 2.37 bits per heavy atom. The predicted molar refractivity (Wildman–Crippen MR) is 107 cm³/mol. The maximum Gasteiger partial charge on any atom is 0.244 e. The first-order chi connectivity index (χ1) is 12.4. The normalized spacial score (nSPS) is 16.1. The third kappa shape index (κ3) is 5.01. The summed E-state index contributed by atoms with van der Waals surface area (Å²) in [5, 5.41) is 4.13. The minimum Gasteiger partial charge on any atom is -0.497 e. The molecule has 3 rings (SSSR count). The number of rotatable bonds is 7. The van der Waals surface area contributed by atoms with E-state index in [0.717, 1.165) is 37.2 Å². The Hall–Kier alpha value is -1.61. The van der Waals surface area contributed by atoms with Gasteiger partial charge in [0.05, 0.1) is 12.8 Å². The van der Waals surface area contributed by atoms with Crippen molar-refractivity contribution in [2.24, 2.45) is 7.05 Å². The lowest BCUT2D eigenvalue weighted by Crippen LogP contribution is -2.36. The first-order valence-corrected chi connectivity index (χ1v) is 10.3. The molecule has 0 amide bonds. The quantitative estimate of drug-likeness (QED) is 0.752. The van der Waals surface area contributed by atoms with Crippen molar-refractivity contribution in [3.8, 4) is 5.75 Å². The van der Waals surface area contributed by atoms with E-state index in [1.807, 2.05) is 24.3 Å². The van der Waals surface area contributed by atoms with Crippen LogP contribution in [0.5, 0.6) is 5.75 Å². The summed E-state index contributed by atoms with van der Waals surface area (Å²) in [6.45, 7) is 3.98. The van der Waals surface area contributed by atoms with Crippen molar-refractivity contribution in [2.45, 2.75) is 30.7 Å². The number of hydrogen-bond donors (Lipinski definition) is 1. The Balaban J connectivity index is 0.00000261. The zero-order chi connectivity index (χ0) is 18.7. The van der Waals surface area contributed by atoms with Crippen LogP contribution in [0.4, 0.5) is 0 Å². The van der Waals surface area contributed by atoms with Gasteiger partial charge in [-0.1, -0.05) is 12.1 Å². The Kier molecular flexibility index (Phi) is 7.27. The van der Waals surface area contributed by atoms with Gasteiger partial charge < -0.3 is 4.74 Å². The largest absolute Gasteiger partial charge is 0.497 e. The van der Waals surface area contributed by atoms with Crippen molar-refractivity contribution in [3.05, 3.63) is 41.7 Å². The topological polar surface area (TPSA) is 76.5 Å². The summed E-state index contributed by atoms with van der Waals surface area (Å²) in [4.78, 5) is 2.57. The molecule has 2 heterocycles. The summed E-state index contributed by atoms with van der Waals surface area (Å²) in [6, 6.07) is 7.84. The number of nitrogens with zero attached hydrogens (tertiary/aromatic N) is 3. The van der Waals surface area contributed by atoms with Crippen molar-refractivity contribution in [3.63, 3.8) is 0 Å². The molecule has 1 saturated heterocycles. The molecular formula is C18H27ClN4O3S. The van der Waals surface area contributed by atoms with E-state index >= 15 is 0 Å². The molecule has 1 N–H and O–H groups in total. The molecule has 0 spiro atoms. The van der Waals surface area contributed by atoms with E-state index in [0.29, 0.717) is 12.2 Å². The first kappa shape index (κ1) is 21.7. The van der Waals surface area contributed by atoms with Crippen LogP contribution in [0.2, 0.25) is 0 Å². The number of methoxy groups -OCH3 is 1. The van der Waals surface area contributed by atoms with E-state index in [1.165, 1.54) is 10.9 Å². The summed E-state index contributed by atoms with van der Waals surface area (Å²) in [7, 11) is -0.245. The van der Waals surface area contributed by atoms with Crippen LogP contribution in [0.15, 0.2) is 35.4 Å². The fourth-order valence-corrected chi connectivity index (χ4v) is 4.70. The number of ether oxygens (including phenoxy) is 1. The second kappa shape index (κ2) is 9.05. The van der Waals surface area contributed by atoms with Gasteiger partial charge in [-0.25, -0.2) is 13.1 Å². The number of nitrogens with one attached hydrogen (secondary N) is 1. The maximum atomic E-state index is 12.7. The van der Waals surface area contributed by atoms with Crippen LogP contribution in [-0.4, -0.2) is 49.8 Å². The van der Waals surface area contributed by atoms with Gasteiger partial charge in [0.15, 0.2) is 0 Å². The SMILES string of the molecule is COc1ccc(C(CNS(=O)(=O)c2cn(C)nc2C)N2CCCC2)cc1.Cl. The Bertz CT molecular complexity index is 846. The molecule has 1 fully saturated rings. The standard InChI is InChI=1S/C18H26N4O3S.ClH/c1-14-18(13-21(2)20-14)26(23,24)19-12-17(22-10-4-5-11-22)15-6-8-16(25-3)9-7-15;/h6-9,13,17,19H,4-5,10-12H2,1-3H3;1H. The van der Waals surface area contributed by atoms with Crippen molar-refractivity contribution in [1.29, 1.82) is 0 Å². The lowest BCUT2D eigenvalue weighted by atomic mass is 10.1. The van der Waals surface area contributed by atoms with Gasteiger partial charge in [0, 0.05) is 25.8 Å². The van der Waals surface area contributed by atoms with Crippen LogP contribution in [0.25, 0.3) is 0 Å². The second-order valence-electron chi connectivity index (χ2n) is 6.64. The monoisotopic (exact) mass is 414 g/mol. The fourth-order valence-electron chi connectivity index (χ4n) is 3.45. The molecule has 1 aromatic heterocycles. The average molecular weight is 415 g/mol. The third-order valence-electron chi connectivity index (χ3n) is 4.81. The molecule has 1 atom stereocenters. The molecule has 27 heavy (non-hydrogen) atoms. The minimum absolute atomic E-state index is 0. The molecule has 2 aromatic rings. The number of sulfonamides is 1. The maximum absolute atomic E-state index is 12.7. The molecule has 0 saturated carbocycles. The highest BCUT2D eigenvalue weighted by Gasteiger charge is 2.27. The minimum atomic E-state index is -3.60. The number of benzene rings is 1. The summed E-state index contributed by atoms with van der Waals surface area (Å²) in [5.41, 5.74) is 1.58. The highest BCUT2D eigenvalue weighted by molar-refractivity contribution is 7.89. The third-order valence-corrected chi connectivity index (χ3v) is 6.33. The van der Waals surface area contributed by atoms with E-state index < -0.39 is 10.0 Å². The van der Waals surface area contributed by atoms with Crippen LogP contribution in [0, 0.1) is 6.92 Å². The van der Waals surface area contributed by atoms with Gasteiger partial charge in [0.25, 0.3) is 0 Å². The molecular weight excluding hydrogens is 388 g/mol. The smallest absolute Gasteiger partial charge is 0.244 e. The molecule has 7 nitrogen and oxygen atoms in total. The number of aromatic nitrogens is 2. The molecule has 1 aliphatic heterocycles. The van der Waals surface area contributed by atoms with Gasteiger partial charge >= 0.3 is 0 Å². The number of halogens is 1. The van der Waals surface area contributed by atoms with Gasteiger partial charge in [-0.05, 0) is 50.6 Å². The Morgan fingerprint density at radius 2 is 1.85 bits per heavy atom. The van der Waals surface area contributed by atoms with E-state index in [2.05, 4.69) is 14.7 Å². The van der Waals surface area contributed by atoms with Crippen molar-refractivity contribution >= 4 is 22.4 Å². The summed E-state index contributed by atoms with van der Waals surface area (Å²) in [5.74, 6) is 0.792. The molecule has 0 bridgehead atoms. The van der Waals surface area contributed by atoms with Crippen LogP contribution >= 0.6 is 12.4 Å². The lowest BCUT2D eigenvalue weighted by Gasteiger charge is -2.28. The van der Waals surface area contributed by atoms with Crippen molar-refractivity contribution < 1.29 is 13.2 Å². The summed E-state index contributed by atoms with van der Waals surface area (Å²) >= 11 is 0. The van der Waals surface area contributed by atoms with Gasteiger partial charge in [-0.3, -0.25) is 9.58 Å². The van der Waals surface area contributed by atoms with Crippen LogP contribution in [0.3, 0.4) is 0 Å². The Morgan fingerprint density at radius 1 is 1.22 bits per heavy atom. The molecule has 9 heteroatoms. The van der Waals surface area contributed by atoms with E-state index in [-0.39, 0.29) is 23.3 Å². The molecule has 150 valence electrons. The highest BCUT2D eigenvalue weighted by atomic mass is 35.5. The fraction of sp³-hybridized carbons (Fsp3) is 0.500. The lowest BCUT2D eigenvalue weighted by molar-refractivity contribution is 0.246. The predicted octanol–water partition coefficient (Wildman–Crippen LogP) is 2.27. The van der Waals surface area contributed by atoms with Crippen LogP contribution in [-0.2, 0) is 17.1 Å². The second-order valence-corrected chi connectivity index (χ2v) is 8.37. The number of likely N-dealkylation sites (tertiary alicyclic amines) is 1. The highest BCUT2D eigenvalue weighted by Crippen LogP contribution is 2.27. The van der Waals surface area contributed by atoms with E-state index in [1.54, 1.807) is 21.1 Å². The van der Waals surface area contributed by atoms with Crippen LogP contribution in [0.1, 0.15) is 30.1 Å². The van der Waals surface area contributed by atoms with Gasteiger partial charge in [0.2, 0.25) is 10.0 Å². The van der Waals surface area contributed by atoms with Crippen molar-refractivity contribution in [2.75, 3.05) is 26.7 Å². The first-order valence-electron chi connectivity index (χ1n) is 8.78. The molecule has 1 aliphatic rings. The van der Waals surface area contributed by atoms with Crippen LogP contribution < -0.4 is 9.46 Å². The van der Waals surface area contributed by atoms with E-state index in [4.69, 9.17) is 4.74 Å². The number of hydrogen-bond acceptors (Lipinski definition) is 5. The molecule has 1 unspecified atom stereocenters. The molecule has 0 radical (unpaired) electrons. The van der Waals surface area contributed by atoms with Gasteiger partial charge in [0.1, 0.15) is 10.6 Å². The zero-order valence-electron chi connectivity index (χ0n) is 15.9. The Labute approximate surface area is 167 Å². The summed E-state index contributed by atoms with van der Waals surface area (Å²) < 4.78 is 35.0. The van der Waals surface area contributed by atoms with Gasteiger partial charge in [-0.15, -0.1) is 12.4 Å². The zero-order valence-corrected chi connectivity index (χ0v) is 17.5. The average Bonchev–Trinajstić information content (AvgIpc) is 3.25. The van der Waals surface area contributed by atoms with Gasteiger partial charge in [-0.2, -0.15) is 5.10 Å². The van der Waals surface area contributed by atoms with Crippen molar-refractivity contribution in [1.82, 2.24) is 19.4 Å². The summed E-state index contributed by atoms with van der Waals surface area (Å²) in [6.07, 6.45) is 3.82. The molecule has 1 aromatic carbocycles.